The number of H-pyrrole nitrogens is 2. The van der Waals surface area contributed by atoms with Gasteiger partial charge < -0.3 is 16.0 Å². The van der Waals surface area contributed by atoms with Crippen LogP contribution in [0.5, 0.6) is 0 Å². The van der Waals surface area contributed by atoms with Crippen LogP contribution in [0.1, 0.15) is 10.5 Å². The lowest BCUT2D eigenvalue weighted by molar-refractivity contribution is 0.102. The number of amides is 1. The van der Waals surface area contributed by atoms with E-state index in [1.807, 2.05) is 0 Å². The summed E-state index contributed by atoms with van der Waals surface area (Å²) in [6.45, 7) is 0. The average Bonchev–Trinajstić information content (AvgIpc) is 2.75. The number of rotatable bonds is 2. The van der Waals surface area contributed by atoms with Gasteiger partial charge in [-0.2, -0.15) is 5.10 Å². The molecule has 5 N–H and O–H groups in total. The van der Waals surface area contributed by atoms with E-state index >= 15 is 0 Å². The van der Waals surface area contributed by atoms with Gasteiger partial charge in [-0.1, -0.05) is 0 Å². The van der Waals surface area contributed by atoms with Crippen molar-refractivity contribution in [3.63, 3.8) is 0 Å². The highest BCUT2D eigenvalue weighted by Gasteiger charge is 2.07. The first-order chi connectivity index (χ1) is 6.75. The van der Waals surface area contributed by atoms with Gasteiger partial charge in [0.25, 0.3) is 5.91 Å². The predicted octanol–water partition coefficient (Wildman–Crippen LogP) is 0.572. The summed E-state index contributed by atoms with van der Waals surface area (Å²) in [5.41, 5.74) is 7.02. The van der Waals surface area contributed by atoms with E-state index in [-0.39, 0.29) is 5.91 Å². The summed E-state index contributed by atoms with van der Waals surface area (Å²) < 4.78 is 0. The Balaban J connectivity index is 2.10. The third-order valence-corrected chi connectivity index (χ3v) is 1.71. The van der Waals surface area contributed by atoms with Gasteiger partial charge in [-0.3, -0.25) is 9.89 Å². The van der Waals surface area contributed by atoms with E-state index in [1.165, 1.54) is 6.20 Å². The second-order valence-corrected chi connectivity index (χ2v) is 2.79. The lowest BCUT2D eigenvalue weighted by atomic mass is 10.4. The van der Waals surface area contributed by atoms with Gasteiger partial charge in [0.2, 0.25) is 0 Å². The summed E-state index contributed by atoms with van der Waals surface area (Å²) >= 11 is 0. The first-order valence-corrected chi connectivity index (χ1v) is 4.00. The molecule has 2 rings (SSSR count). The van der Waals surface area contributed by atoms with Crippen LogP contribution in [0.3, 0.4) is 0 Å². The summed E-state index contributed by atoms with van der Waals surface area (Å²) in [6, 6.07) is 1.56. The van der Waals surface area contributed by atoms with E-state index in [9.17, 15) is 4.79 Å². The van der Waals surface area contributed by atoms with Crippen molar-refractivity contribution in [3.8, 4) is 0 Å². The molecule has 0 aliphatic carbocycles. The van der Waals surface area contributed by atoms with Gasteiger partial charge in [-0.15, -0.1) is 0 Å². The lowest BCUT2D eigenvalue weighted by Crippen LogP contribution is -2.11. The number of aromatic nitrogens is 3. The van der Waals surface area contributed by atoms with Crippen LogP contribution in [0.2, 0.25) is 0 Å². The van der Waals surface area contributed by atoms with Crippen molar-refractivity contribution in [1.29, 1.82) is 0 Å². The first-order valence-electron chi connectivity index (χ1n) is 4.00. The molecule has 0 saturated heterocycles. The molecule has 6 heteroatoms. The molecule has 0 spiro atoms. The van der Waals surface area contributed by atoms with Gasteiger partial charge in [0, 0.05) is 18.1 Å². The van der Waals surface area contributed by atoms with Crippen molar-refractivity contribution < 1.29 is 4.79 Å². The Morgan fingerprint density at radius 2 is 2.36 bits per heavy atom. The molecule has 0 aliphatic rings. The number of aromatic amines is 2. The van der Waals surface area contributed by atoms with Gasteiger partial charge in [0.15, 0.2) is 0 Å². The standard InChI is InChI=1S/C8H9N5O/c9-5-1-7(10-2-5)8(14)13-6-3-11-12-4-6/h1-4,10H,9H2,(H,11,12)(H,13,14). The minimum atomic E-state index is -0.247. The Morgan fingerprint density at radius 3 is 2.93 bits per heavy atom. The molecule has 2 aromatic heterocycles. The number of hydrogen-bond donors (Lipinski definition) is 4. The van der Waals surface area contributed by atoms with Gasteiger partial charge in [0.05, 0.1) is 11.9 Å². The Kier molecular flexibility index (Phi) is 1.94. The van der Waals surface area contributed by atoms with E-state index in [1.54, 1.807) is 18.5 Å². The highest BCUT2D eigenvalue weighted by Crippen LogP contribution is 2.08. The van der Waals surface area contributed by atoms with E-state index in [4.69, 9.17) is 5.73 Å². The van der Waals surface area contributed by atoms with E-state index < -0.39 is 0 Å². The van der Waals surface area contributed by atoms with Crippen LogP contribution >= 0.6 is 0 Å². The molecule has 0 bridgehead atoms. The molecule has 2 heterocycles. The largest absolute Gasteiger partial charge is 0.397 e. The van der Waals surface area contributed by atoms with Gasteiger partial charge in [-0.25, -0.2) is 0 Å². The molecule has 14 heavy (non-hydrogen) atoms. The molecule has 72 valence electrons. The van der Waals surface area contributed by atoms with Crippen LogP contribution in [-0.2, 0) is 0 Å². The number of carbonyl (C=O) groups excluding carboxylic acids is 1. The Morgan fingerprint density at radius 1 is 1.50 bits per heavy atom. The van der Waals surface area contributed by atoms with E-state index in [0.717, 1.165) is 0 Å². The number of nitrogens with one attached hydrogen (secondary N) is 3. The fourth-order valence-electron chi connectivity index (χ4n) is 1.06. The molecule has 0 aromatic carbocycles. The van der Waals surface area contributed by atoms with Crippen molar-refractivity contribution in [2.75, 3.05) is 11.1 Å². The maximum Gasteiger partial charge on any atom is 0.272 e. The molecule has 2 aromatic rings. The molecule has 0 aliphatic heterocycles. The molecule has 0 saturated carbocycles. The Labute approximate surface area is 79.5 Å². The quantitative estimate of drug-likeness (QED) is 0.558. The second-order valence-electron chi connectivity index (χ2n) is 2.79. The van der Waals surface area contributed by atoms with Crippen LogP contribution in [0.15, 0.2) is 24.7 Å². The van der Waals surface area contributed by atoms with Crippen LogP contribution in [-0.4, -0.2) is 21.1 Å². The smallest absolute Gasteiger partial charge is 0.272 e. The number of hydrogen-bond acceptors (Lipinski definition) is 3. The summed E-state index contributed by atoms with van der Waals surface area (Å²) in [6.07, 6.45) is 4.67. The van der Waals surface area contributed by atoms with Crippen molar-refractivity contribution in [3.05, 3.63) is 30.4 Å². The molecule has 0 unspecified atom stereocenters. The molecule has 0 radical (unpaired) electrons. The highest BCUT2D eigenvalue weighted by atomic mass is 16.1. The van der Waals surface area contributed by atoms with Crippen molar-refractivity contribution in [2.45, 2.75) is 0 Å². The minimum Gasteiger partial charge on any atom is -0.397 e. The number of carbonyl (C=O) groups is 1. The maximum atomic E-state index is 11.5. The average molecular weight is 191 g/mol. The third kappa shape index (κ3) is 1.58. The summed E-state index contributed by atoms with van der Waals surface area (Å²) in [5, 5.41) is 8.92. The fourth-order valence-corrected chi connectivity index (χ4v) is 1.06. The zero-order chi connectivity index (χ0) is 9.97. The Bertz CT molecular complexity index is 430. The summed E-state index contributed by atoms with van der Waals surface area (Å²) in [4.78, 5) is 14.2. The predicted molar refractivity (Wildman–Crippen MR) is 51.7 cm³/mol. The third-order valence-electron chi connectivity index (χ3n) is 1.71. The minimum absolute atomic E-state index is 0.247. The Hall–Kier alpha value is -2.24. The SMILES string of the molecule is Nc1c[nH]c(C(=O)Nc2cn[nH]c2)c1. The molecule has 6 nitrogen and oxygen atoms in total. The topological polar surface area (TPSA) is 99.6 Å². The molecule has 0 fully saturated rings. The normalized spacial score (nSPS) is 10.0. The van der Waals surface area contributed by atoms with Crippen molar-refractivity contribution in [2.24, 2.45) is 0 Å². The lowest BCUT2D eigenvalue weighted by Gasteiger charge is -1.98. The van der Waals surface area contributed by atoms with Crippen molar-refractivity contribution >= 4 is 17.3 Å². The van der Waals surface area contributed by atoms with Gasteiger partial charge in [0.1, 0.15) is 5.69 Å². The monoisotopic (exact) mass is 191 g/mol. The van der Waals surface area contributed by atoms with E-state index in [0.29, 0.717) is 17.1 Å². The van der Waals surface area contributed by atoms with Crippen LogP contribution < -0.4 is 11.1 Å². The molecular weight excluding hydrogens is 182 g/mol. The molecule has 0 atom stereocenters. The highest BCUT2D eigenvalue weighted by molar-refractivity contribution is 6.03. The molecular formula is C8H9N5O. The summed E-state index contributed by atoms with van der Waals surface area (Å²) in [7, 11) is 0. The second kappa shape index (κ2) is 3.25. The number of nitrogen functional groups attached to an aromatic ring is 1. The summed E-state index contributed by atoms with van der Waals surface area (Å²) in [5.74, 6) is -0.247. The molecule has 1 amide bonds. The van der Waals surface area contributed by atoms with Gasteiger partial charge in [-0.05, 0) is 6.07 Å². The van der Waals surface area contributed by atoms with Gasteiger partial charge >= 0.3 is 0 Å². The van der Waals surface area contributed by atoms with Crippen LogP contribution in [0.4, 0.5) is 11.4 Å². The number of nitrogens with zero attached hydrogens (tertiary/aromatic N) is 1. The van der Waals surface area contributed by atoms with E-state index in [2.05, 4.69) is 20.5 Å². The number of anilines is 2. The maximum absolute atomic E-state index is 11.5. The first kappa shape index (κ1) is 8.36. The fraction of sp³-hybridized carbons (Fsp3) is 0. The van der Waals surface area contributed by atoms with Crippen molar-refractivity contribution in [1.82, 2.24) is 15.2 Å². The van der Waals surface area contributed by atoms with Crippen LogP contribution in [0, 0.1) is 0 Å². The van der Waals surface area contributed by atoms with Crippen LogP contribution in [0.25, 0.3) is 0 Å². The number of nitrogens with two attached hydrogens (primary N) is 1. The zero-order valence-electron chi connectivity index (χ0n) is 7.24. The zero-order valence-corrected chi connectivity index (χ0v) is 7.24.